The van der Waals surface area contributed by atoms with Gasteiger partial charge in [0, 0.05) is 5.69 Å². The lowest BCUT2D eigenvalue weighted by Gasteiger charge is -2.06. The first-order valence-corrected chi connectivity index (χ1v) is 4.18. The van der Waals surface area contributed by atoms with Crippen LogP contribution in [0.4, 0.5) is 5.69 Å². The minimum atomic E-state index is -0.564. The molecule has 0 fully saturated rings. The Hall–Kier alpha value is -1.77. The number of methoxy groups -OCH3 is 1. The minimum Gasteiger partial charge on any atom is -0.464 e. The maximum Gasteiger partial charge on any atom is 0.354 e. The molecular formula is C11H12NO2. The summed E-state index contributed by atoms with van der Waals surface area (Å²) in [5.41, 5.74) is 1.89. The third-order valence-electron chi connectivity index (χ3n) is 1.74. The van der Waals surface area contributed by atoms with E-state index >= 15 is 0 Å². The maximum atomic E-state index is 10.9. The average Bonchev–Trinajstić information content (AvgIpc) is 2.20. The number of esters is 1. The Morgan fingerprint density at radius 2 is 1.93 bits per heavy atom. The van der Waals surface area contributed by atoms with Gasteiger partial charge >= 0.3 is 5.97 Å². The Labute approximate surface area is 83.4 Å². The van der Waals surface area contributed by atoms with Crippen molar-refractivity contribution < 1.29 is 9.53 Å². The second-order valence-electron chi connectivity index (χ2n) is 2.90. The molecule has 0 aliphatic rings. The number of carbonyl (C=O) groups excluding carboxylic acids is 1. The lowest BCUT2D eigenvalue weighted by atomic mass is 10.2. The van der Waals surface area contributed by atoms with Crippen molar-refractivity contribution in [1.82, 2.24) is 0 Å². The van der Waals surface area contributed by atoms with Gasteiger partial charge in [-0.2, -0.15) is 0 Å². The van der Waals surface area contributed by atoms with Crippen LogP contribution in [0, 0.1) is 13.5 Å². The van der Waals surface area contributed by atoms with E-state index < -0.39 is 5.97 Å². The smallest absolute Gasteiger partial charge is 0.354 e. The molecule has 1 N–H and O–H groups in total. The van der Waals surface area contributed by atoms with Gasteiger partial charge in [0.25, 0.3) is 0 Å². The lowest BCUT2D eigenvalue weighted by molar-refractivity contribution is -0.135. The van der Waals surface area contributed by atoms with Gasteiger partial charge < -0.3 is 10.1 Å². The molecule has 0 aromatic heterocycles. The Kier molecular flexibility index (Phi) is 3.29. The third-order valence-corrected chi connectivity index (χ3v) is 1.74. The number of carbonyl (C=O) groups is 1. The number of hydrogen-bond acceptors (Lipinski definition) is 3. The molecule has 0 unspecified atom stereocenters. The van der Waals surface area contributed by atoms with E-state index in [-0.39, 0.29) is 5.70 Å². The van der Waals surface area contributed by atoms with Gasteiger partial charge in [-0.15, -0.1) is 0 Å². The summed E-state index contributed by atoms with van der Waals surface area (Å²) in [4.78, 5) is 10.9. The second kappa shape index (κ2) is 4.46. The molecule has 3 nitrogen and oxygen atoms in total. The molecule has 1 aromatic carbocycles. The van der Waals surface area contributed by atoms with Gasteiger partial charge in [-0.1, -0.05) is 17.7 Å². The highest BCUT2D eigenvalue weighted by atomic mass is 16.5. The normalized spacial score (nSPS) is 9.29. The summed E-state index contributed by atoms with van der Waals surface area (Å²) in [6, 6.07) is 7.52. The second-order valence-corrected chi connectivity index (χ2v) is 2.90. The molecule has 1 aromatic rings. The number of ether oxygens (including phenoxy) is 1. The van der Waals surface area contributed by atoms with E-state index in [0.29, 0.717) is 0 Å². The highest BCUT2D eigenvalue weighted by Gasteiger charge is 2.05. The van der Waals surface area contributed by atoms with E-state index in [4.69, 9.17) is 6.58 Å². The Bertz CT molecular complexity index is 341. The third kappa shape index (κ3) is 2.62. The summed E-state index contributed by atoms with van der Waals surface area (Å²) in [7, 11) is 1.28. The average molecular weight is 190 g/mol. The van der Waals surface area contributed by atoms with Crippen molar-refractivity contribution in [3.8, 4) is 0 Å². The van der Waals surface area contributed by atoms with E-state index in [1.807, 2.05) is 31.2 Å². The van der Waals surface area contributed by atoms with E-state index in [1.54, 1.807) is 0 Å². The van der Waals surface area contributed by atoms with Crippen LogP contribution in [-0.2, 0) is 9.53 Å². The molecule has 0 amide bonds. The highest BCUT2D eigenvalue weighted by molar-refractivity contribution is 5.90. The van der Waals surface area contributed by atoms with Gasteiger partial charge in [0.2, 0.25) is 0 Å². The van der Waals surface area contributed by atoms with Crippen LogP contribution < -0.4 is 5.32 Å². The summed E-state index contributed by atoms with van der Waals surface area (Å²) in [5.74, 6) is -0.564. The number of rotatable bonds is 3. The van der Waals surface area contributed by atoms with Crippen LogP contribution in [-0.4, -0.2) is 13.1 Å². The van der Waals surface area contributed by atoms with Crippen molar-refractivity contribution in [3.63, 3.8) is 0 Å². The van der Waals surface area contributed by atoms with Crippen molar-refractivity contribution in [2.45, 2.75) is 6.92 Å². The number of nitrogens with one attached hydrogen (secondary N) is 1. The van der Waals surface area contributed by atoms with E-state index in [2.05, 4.69) is 10.1 Å². The fourth-order valence-corrected chi connectivity index (χ4v) is 0.953. The molecule has 73 valence electrons. The molecule has 1 radical (unpaired) electrons. The zero-order valence-electron chi connectivity index (χ0n) is 8.20. The Balaban J connectivity index is 2.65. The van der Waals surface area contributed by atoms with Crippen LogP contribution in [0.15, 0.2) is 30.0 Å². The Morgan fingerprint density at radius 3 is 2.43 bits per heavy atom. The summed E-state index contributed by atoms with van der Waals surface area (Å²) >= 11 is 0. The monoisotopic (exact) mass is 190 g/mol. The van der Waals surface area contributed by atoms with E-state index in [9.17, 15) is 4.79 Å². The summed E-state index contributed by atoms with van der Waals surface area (Å²) in [6.45, 7) is 7.41. The van der Waals surface area contributed by atoms with Crippen molar-refractivity contribution in [1.29, 1.82) is 0 Å². The first-order chi connectivity index (χ1) is 6.63. The van der Waals surface area contributed by atoms with Gasteiger partial charge in [-0.05, 0) is 25.6 Å². The van der Waals surface area contributed by atoms with Gasteiger partial charge in [0.05, 0.1) is 7.11 Å². The molecule has 1 rings (SSSR count). The van der Waals surface area contributed by atoms with Gasteiger partial charge in [0.15, 0.2) is 0 Å². The summed E-state index contributed by atoms with van der Waals surface area (Å²) in [5, 5.41) is 2.74. The van der Waals surface area contributed by atoms with Crippen molar-refractivity contribution in [2.24, 2.45) is 0 Å². The van der Waals surface area contributed by atoms with Crippen LogP contribution in [0.1, 0.15) is 5.56 Å². The minimum absolute atomic E-state index is 0.0173. The summed E-state index contributed by atoms with van der Waals surface area (Å²) < 4.78 is 4.44. The lowest BCUT2D eigenvalue weighted by Crippen LogP contribution is -2.11. The molecule has 0 spiro atoms. The largest absolute Gasteiger partial charge is 0.464 e. The molecule has 0 saturated heterocycles. The van der Waals surface area contributed by atoms with Crippen LogP contribution in [0.2, 0.25) is 0 Å². The molecular weight excluding hydrogens is 178 g/mol. The Morgan fingerprint density at radius 1 is 1.36 bits per heavy atom. The topological polar surface area (TPSA) is 38.3 Å². The van der Waals surface area contributed by atoms with Crippen LogP contribution >= 0.6 is 0 Å². The number of aryl methyl sites for hydroxylation is 1. The van der Waals surface area contributed by atoms with Crippen molar-refractivity contribution >= 4 is 11.7 Å². The number of hydrogen-bond donors (Lipinski definition) is 1. The fourth-order valence-electron chi connectivity index (χ4n) is 0.953. The molecule has 0 bridgehead atoms. The quantitative estimate of drug-likeness (QED) is 0.584. The molecule has 0 aliphatic heterocycles. The molecule has 14 heavy (non-hydrogen) atoms. The van der Waals surface area contributed by atoms with Gasteiger partial charge in [-0.25, -0.2) is 4.79 Å². The van der Waals surface area contributed by atoms with Gasteiger partial charge in [-0.3, -0.25) is 0 Å². The zero-order chi connectivity index (χ0) is 10.6. The molecule has 0 aliphatic carbocycles. The van der Waals surface area contributed by atoms with Crippen molar-refractivity contribution in [3.05, 3.63) is 42.1 Å². The van der Waals surface area contributed by atoms with Crippen LogP contribution in [0.3, 0.4) is 0 Å². The molecule has 0 atom stereocenters. The predicted molar refractivity (Wildman–Crippen MR) is 54.6 cm³/mol. The first-order valence-electron chi connectivity index (χ1n) is 4.18. The molecule has 3 heteroatoms. The number of benzene rings is 1. The zero-order valence-corrected chi connectivity index (χ0v) is 8.20. The maximum absolute atomic E-state index is 10.9. The predicted octanol–water partition coefficient (Wildman–Crippen LogP) is 1.90. The highest BCUT2D eigenvalue weighted by Crippen LogP contribution is 2.10. The fraction of sp³-hybridized carbons (Fsp3) is 0.182. The SMILES string of the molecule is [CH]=C(Nc1ccc(C)cc1)C(=O)OC. The van der Waals surface area contributed by atoms with Gasteiger partial charge in [0.1, 0.15) is 5.70 Å². The molecule has 0 saturated carbocycles. The van der Waals surface area contributed by atoms with E-state index in [0.717, 1.165) is 11.3 Å². The number of anilines is 1. The van der Waals surface area contributed by atoms with Crippen LogP contribution in [0.5, 0.6) is 0 Å². The van der Waals surface area contributed by atoms with Crippen molar-refractivity contribution in [2.75, 3.05) is 12.4 Å². The molecule has 0 heterocycles. The standard InChI is InChI=1S/C11H12NO2/c1-8-4-6-10(7-5-8)12-9(2)11(13)14-3/h2,4-7,12H,1,3H3. The summed E-state index contributed by atoms with van der Waals surface area (Å²) in [6.07, 6.45) is 0. The van der Waals surface area contributed by atoms with Crippen LogP contribution in [0.25, 0.3) is 0 Å². The first kappa shape index (κ1) is 10.3. The van der Waals surface area contributed by atoms with E-state index in [1.165, 1.54) is 7.11 Å².